The van der Waals surface area contributed by atoms with Crippen LogP contribution in [0.4, 0.5) is 5.69 Å². The first-order valence-corrected chi connectivity index (χ1v) is 11.4. The first-order valence-electron chi connectivity index (χ1n) is 11.4. The van der Waals surface area contributed by atoms with Crippen molar-refractivity contribution in [3.63, 3.8) is 0 Å². The number of nitrogens with zero attached hydrogens (tertiary/aromatic N) is 3. The second kappa shape index (κ2) is 9.20. The predicted octanol–water partition coefficient (Wildman–Crippen LogP) is 7.97. The normalized spacial score (nSPS) is 11.3. The molecule has 35 heavy (non-hydrogen) atoms. The summed E-state index contributed by atoms with van der Waals surface area (Å²) in [5.41, 5.74) is 8.68. The summed E-state index contributed by atoms with van der Waals surface area (Å²) in [4.78, 5) is 13.9. The maximum atomic E-state index is 5.92. The largest absolute Gasteiger partial charge is 0.436 e. The average Bonchev–Trinajstić information content (AvgIpc) is 3.38. The van der Waals surface area contributed by atoms with E-state index in [0.29, 0.717) is 5.89 Å². The van der Waals surface area contributed by atoms with Gasteiger partial charge in [0.05, 0.1) is 11.4 Å². The van der Waals surface area contributed by atoms with Gasteiger partial charge in [0.1, 0.15) is 5.52 Å². The molecule has 4 nitrogen and oxygen atoms in total. The summed E-state index contributed by atoms with van der Waals surface area (Å²) in [5.74, 6) is 0.624. The van der Waals surface area contributed by atoms with Gasteiger partial charge in [-0.1, -0.05) is 60.7 Å². The second-order valence-corrected chi connectivity index (χ2v) is 8.17. The average molecular weight is 452 g/mol. The highest BCUT2D eigenvalue weighted by atomic mass is 16.3. The first-order chi connectivity index (χ1) is 17.3. The van der Waals surface area contributed by atoms with Crippen LogP contribution in [0.1, 0.15) is 5.56 Å². The zero-order valence-corrected chi connectivity index (χ0v) is 18.9. The summed E-state index contributed by atoms with van der Waals surface area (Å²) in [5, 5.41) is 0. The molecular weight excluding hydrogens is 430 g/mol. The Labute approximate surface area is 203 Å². The highest BCUT2D eigenvalue weighted by molar-refractivity contribution is 5.92. The quantitative estimate of drug-likeness (QED) is 0.250. The summed E-state index contributed by atoms with van der Waals surface area (Å²) in [6.07, 6.45) is 3.72. The third-order valence-electron chi connectivity index (χ3n) is 5.86. The Bertz CT molecular complexity index is 1590. The molecule has 0 spiro atoms. The van der Waals surface area contributed by atoms with Gasteiger partial charge in [-0.25, -0.2) is 4.98 Å². The van der Waals surface area contributed by atoms with E-state index >= 15 is 0 Å². The van der Waals surface area contributed by atoms with E-state index in [1.54, 1.807) is 0 Å². The molecule has 0 unspecified atom stereocenters. The maximum absolute atomic E-state index is 5.92. The fourth-order valence-corrected chi connectivity index (χ4v) is 4.05. The number of benzene rings is 4. The van der Waals surface area contributed by atoms with E-state index in [9.17, 15) is 0 Å². The SMILES string of the molecule is C(=Nc1ccccc1)c1ccc(-c2ccc(-c3nc4ccccc4o3)cc2)cc1-c1ccccn1. The molecule has 0 N–H and O–H groups in total. The molecule has 4 aromatic carbocycles. The molecule has 2 heterocycles. The van der Waals surface area contributed by atoms with Crippen LogP contribution < -0.4 is 0 Å². The smallest absolute Gasteiger partial charge is 0.227 e. The minimum atomic E-state index is 0.624. The van der Waals surface area contributed by atoms with Gasteiger partial charge < -0.3 is 4.42 Å². The van der Waals surface area contributed by atoms with E-state index in [0.717, 1.165) is 50.3 Å². The Morgan fingerprint density at radius 1 is 0.657 bits per heavy atom. The third kappa shape index (κ3) is 4.37. The van der Waals surface area contributed by atoms with E-state index < -0.39 is 0 Å². The Morgan fingerprint density at radius 3 is 2.20 bits per heavy atom. The molecule has 0 fully saturated rings. The number of para-hydroxylation sites is 3. The van der Waals surface area contributed by atoms with Crippen LogP contribution in [0.2, 0.25) is 0 Å². The van der Waals surface area contributed by atoms with Crippen molar-refractivity contribution in [2.45, 2.75) is 0 Å². The fraction of sp³-hybridized carbons (Fsp3) is 0. The summed E-state index contributed by atoms with van der Waals surface area (Å²) in [6.45, 7) is 0. The van der Waals surface area contributed by atoms with Gasteiger partial charge in [0, 0.05) is 29.1 Å². The van der Waals surface area contributed by atoms with Gasteiger partial charge in [-0.15, -0.1) is 0 Å². The molecule has 6 rings (SSSR count). The first kappa shape index (κ1) is 20.8. The Morgan fingerprint density at radius 2 is 1.40 bits per heavy atom. The third-order valence-corrected chi connectivity index (χ3v) is 5.86. The number of hydrogen-bond acceptors (Lipinski definition) is 4. The van der Waals surface area contributed by atoms with Crippen molar-refractivity contribution in [1.29, 1.82) is 0 Å². The molecule has 6 aromatic rings. The van der Waals surface area contributed by atoms with Gasteiger partial charge in [0.15, 0.2) is 5.58 Å². The van der Waals surface area contributed by atoms with E-state index in [4.69, 9.17) is 4.42 Å². The molecule has 0 amide bonds. The van der Waals surface area contributed by atoms with Crippen molar-refractivity contribution >= 4 is 23.0 Å². The topological polar surface area (TPSA) is 51.3 Å². The Kier molecular flexibility index (Phi) is 5.45. The van der Waals surface area contributed by atoms with Gasteiger partial charge in [0.25, 0.3) is 0 Å². The van der Waals surface area contributed by atoms with Crippen LogP contribution in [0, 0.1) is 0 Å². The molecule has 0 saturated carbocycles. The minimum Gasteiger partial charge on any atom is -0.436 e. The van der Waals surface area contributed by atoms with Crippen LogP contribution >= 0.6 is 0 Å². The van der Waals surface area contributed by atoms with Crippen molar-refractivity contribution in [3.8, 4) is 33.8 Å². The molecular formula is C31H21N3O. The molecule has 0 aliphatic rings. The molecule has 4 heteroatoms. The lowest BCUT2D eigenvalue weighted by molar-refractivity contribution is 0.620. The van der Waals surface area contributed by atoms with Crippen LogP contribution in [-0.4, -0.2) is 16.2 Å². The van der Waals surface area contributed by atoms with Gasteiger partial charge in [-0.3, -0.25) is 9.98 Å². The molecule has 0 aliphatic heterocycles. The number of aliphatic imine (C=N–C) groups is 1. The Hall–Kier alpha value is -4.83. The lowest BCUT2D eigenvalue weighted by atomic mass is 9.96. The van der Waals surface area contributed by atoms with Crippen molar-refractivity contribution < 1.29 is 4.42 Å². The second-order valence-electron chi connectivity index (χ2n) is 8.17. The summed E-state index contributed by atoms with van der Waals surface area (Å²) < 4.78 is 5.92. The van der Waals surface area contributed by atoms with E-state index in [2.05, 4.69) is 45.3 Å². The molecule has 0 aliphatic carbocycles. The molecule has 166 valence electrons. The number of oxazole rings is 1. The molecule has 0 bridgehead atoms. The number of pyridine rings is 1. The fourth-order valence-electron chi connectivity index (χ4n) is 4.05. The van der Waals surface area contributed by atoms with Crippen LogP contribution in [0.25, 0.3) is 44.9 Å². The summed E-state index contributed by atoms with van der Waals surface area (Å²) >= 11 is 0. The van der Waals surface area contributed by atoms with Gasteiger partial charge in [-0.05, 0) is 65.7 Å². The lowest BCUT2D eigenvalue weighted by Gasteiger charge is -2.10. The Balaban J connectivity index is 1.36. The van der Waals surface area contributed by atoms with Crippen LogP contribution in [0.5, 0.6) is 0 Å². The minimum absolute atomic E-state index is 0.624. The molecule has 0 atom stereocenters. The van der Waals surface area contributed by atoms with Crippen LogP contribution in [0.15, 0.2) is 131 Å². The summed E-state index contributed by atoms with van der Waals surface area (Å²) in [6, 6.07) is 38.4. The van der Waals surface area contributed by atoms with Crippen molar-refractivity contribution in [1.82, 2.24) is 9.97 Å². The van der Waals surface area contributed by atoms with Gasteiger partial charge in [0.2, 0.25) is 5.89 Å². The lowest BCUT2D eigenvalue weighted by Crippen LogP contribution is -1.92. The zero-order chi connectivity index (χ0) is 23.5. The monoisotopic (exact) mass is 451 g/mol. The molecule has 2 aromatic heterocycles. The number of aromatic nitrogens is 2. The molecule has 0 saturated heterocycles. The number of rotatable bonds is 5. The maximum Gasteiger partial charge on any atom is 0.227 e. The van der Waals surface area contributed by atoms with E-state index in [1.807, 2.05) is 97.3 Å². The van der Waals surface area contributed by atoms with Crippen molar-refractivity contribution in [2.75, 3.05) is 0 Å². The number of fused-ring (bicyclic) bond motifs is 1. The van der Waals surface area contributed by atoms with E-state index in [1.165, 1.54) is 0 Å². The standard InChI is InChI=1S/C31H21N3O/c1-2-8-26(9-3-1)33-21-25-18-17-24(20-27(25)28-10-6-7-19-32-28)22-13-15-23(16-14-22)31-34-29-11-4-5-12-30(29)35-31/h1-21H. The highest BCUT2D eigenvalue weighted by Crippen LogP contribution is 2.31. The van der Waals surface area contributed by atoms with E-state index in [-0.39, 0.29) is 0 Å². The number of hydrogen-bond donors (Lipinski definition) is 0. The van der Waals surface area contributed by atoms with Crippen molar-refractivity contribution in [3.05, 3.63) is 127 Å². The highest BCUT2D eigenvalue weighted by Gasteiger charge is 2.10. The van der Waals surface area contributed by atoms with Crippen molar-refractivity contribution in [2.24, 2.45) is 4.99 Å². The molecule has 0 radical (unpaired) electrons. The van der Waals surface area contributed by atoms with Crippen LogP contribution in [-0.2, 0) is 0 Å². The van der Waals surface area contributed by atoms with Gasteiger partial charge >= 0.3 is 0 Å². The summed E-state index contributed by atoms with van der Waals surface area (Å²) in [7, 11) is 0. The van der Waals surface area contributed by atoms with Gasteiger partial charge in [-0.2, -0.15) is 0 Å². The predicted molar refractivity (Wildman–Crippen MR) is 142 cm³/mol. The van der Waals surface area contributed by atoms with Crippen LogP contribution in [0.3, 0.4) is 0 Å². The zero-order valence-electron chi connectivity index (χ0n) is 18.9.